The first-order valence-corrected chi connectivity index (χ1v) is 9.45. The maximum Gasteiger partial charge on any atom is 0.224 e. The number of pyridine rings is 1. The number of nitrogens with zero attached hydrogens (tertiary/aromatic N) is 3. The van der Waals surface area contributed by atoms with Crippen LogP contribution in [0, 0.1) is 5.92 Å². The molecule has 0 saturated carbocycles. The van der Waals surface area contributed by atoms with Crippen LogP contribution in [0.2, 0.25) is 0 Å². The molecule has 2 aromatic heterocycles. The van der Waals surface area contributed by atoms with Crippen LogP contribution in [0.25, 0.3) is 10.6 Å². The molecule has 25 heavy (non-hydrogen) atoms. The van der Waals surface area contributed by atoms with Crippen molar-refractivity contribution in [1.82, 2.24) is 20.2 Å². The molecule has 1 N–H and O–H groups in total. The van der Waals surface area contributed by atoms with Gasteiger partial charge in [-0.1, -0.05) is 0 Å². The van der Waals surface area contributed by atoms with Crippen molar-refractivity contribution >= 4 is 23.2 Å². The number of likely N-dealkylation sites (tertiary alicyclic amines) is 1. The summed E-state index contributed by atoms with van der Waals surface area (Å²) in [7, 11) is 0. The van der Waals surface area contributed by atoms with Gasteiger partial charge in [-0.3, -0.25) is 14.6 Å². The maximum atomic E-state index is 12.3. The second kappa shape index (κ2) is 8.20. The topological polar surface area (TPSA) is 75.2 Å². The number of hydrogen-bond acceptors (Lipinski definition) is 5. The molecule has 0 spiro atoms. The largest absolute Gasteiger partial charge is 0.355 e. The van der Waals surface area contributed by atoms with Gasteiger partial charge in [0.05, 0.1) is 11.6 Å². The van der Waals surface area contributed by atoms with Crippen LogP contribution in [0.15, 0.2) is 29.9 Å². The predicted molar refractivity (Wildman–Crippen MR) is 97.0 cm³/mol. The molecule has 0 aliphatic carbocycles. The zero-order chi connectivity index (χ0) is 17.6. The van der Waals surface area contributed by atoms with Crippen LogP contribution in [0.5, 0.6) is 0 Å². The molecule has 132 valence electrons. The van der Waals surface area contributed by atoms with Gasteiger partial charge in [0.15, 0.2) is 0 Å². The summed E-state index contributed by atoms with van der Waals surface area (Å²) in [6, 6.07) is 3.88. The highest BCUT2D eigenvalue weighted by Crippen LogP contribution is 2.22. The lowest BCUT2D eigenvalue weighted by Crippen LogP contribution is -2.45. The highest BCUT2D eigenvalue weighted by atomic mass is 32.1. The Labute approximate surface area is 151 Å². The summed E-state index contributed by atoms with van der Waals surface area (Å²) in [5.74, 6) is 0.0876. The summed E-state index contributed by atoms with van der Waals surface area (Å²) in [5, 5.41) is 5.95. The lowest BCUT2D eigenvalue weighted by Gasteiger charge is -2.30. The Morgan fingerprint density at radius 2 is 2.36 bits per heavy atom. The molecular weight excluding hydrogens is 336 g/mol. The molecule has 0 radical (unpaired) electrons. The summed E-state index contributed by atoms with van der Waals surface area (Å²) in [6.07, 6.45) is 5.35. The lowest BCUT2D eigenvalue weighted by atomic mass is 9.96. The average molecular weight is 358 g/mol. The minimum atomic E-state index is -0.0981. The standard InChI is InChI=1S/C18H22N4O2S/c1-2-22-11-14(5-6-16(22)23)17(24)20-9-7-15-12-25-18(21-15)13-4-3-8-19-10-13/h3-4,8,10,12,14H,2,5-7,9,11H2,1H3,(H,20,24)/t14-/m1/s1. The fourth-order valence-corrected chi connectivity index (χ4v) is 3.78. The van der Waals surface area contributed by atoms with Crippen molar-refractivity contribution in [2.45, 2.75) is 26.2 Å². The molecule has 0 unspecified atom stereocenters. The molecule has 1 saturated heterocycles. The van der Waals surface area contributed by atoms with E-state index in [2.05, 4.69) is 15.3 Å². The zero-order valence-corrected chi connectivity index (χ0v) is 15.1. The minimum Gasteiger partial charge on any atom is -0.355 e. The highest BCUT2D eigenvalue weighted by molar-refractivity contribution is 7.13. The smallest absolute Gasteiger partial charge is 0.224 e. The Balaban J connectivity index is 1.47. The SMILES string of the molecule is CCN1C[C@H](C(=O)NCCc2csc(-c3cccnc3)n2)CCC1=O. The third-order valence-corrected chi connectivity index (χ3v) is 5.33. The monoisotopic (exact) mass is 358 g/mol. The Morgan fingerprint density at radius 1 is 1.48 bits per heavy atom. The van der Waals surface area contributed by atoms with Crippen LogP contribution in [-0.2, 0) is 16.0 Å². The van der Waals surface area contributed by atoms with E-state index in [1.54, 1.807) is 28.6 Å². The van der Waals surface area contributed by atoms with E-state index in [1.807, 2.05) is 24.4 Å². The van der Waals surface area contributed by atoms with Gasteiger partial charge in [0.25, 0.3) is 0 Å². The van der Waals surface area contributed by atoms with Crippen molar-refractivity contribution in [2.75, 3.05) is 19.6 Å². The molecule has 0 bridgehead atoms. The molecule has 1 atom stereocenters. The Hall–Kier alpha value is -2.28. The molecule has 6 nitrogen and oxygen atoms in total. The van der Waals surface area contributed by atoms with Gasteiger partial charge in [0.1, 0.15) is 5.01 Å². The Kier molecular flexibility index (Phi) is 5.75. The van der Waals surface area contributed by atoms with Gasteiger partial charge in [-0.25, -0.2) is 4.98 Å². The molecule has 3 heterocycles. The summed E-state index contributed by atoms with van der Waals surface area (Å²) in [6.45, 7) is 3.70. The van der Waals surface area contributed by atoms with Crippen LogP contribution in [0.3, 0.4) is 0 Å². The quantitative estimate of drug-likeness (QED) is 0.858. The van der Waals surface area contributed by atoms with Crippen molar-refractivity contribution in [2.24, 2.45) is 5.92 Å². The molecule has 0 aromatic carbocycles. The van der Waals surface area contributed by atoms with Crippen molar-refractivity contribution < 1.29 is 9.59 Å². The summed E-state index contributed by atoms with van der Waals surface area (Å²) >= 11 is 1.59. The second-order valence-corrected chi connectivity index (χ2v) is 6.95. The van der Waals surface area contributed by atoms with E-state index >= 15 is 0 Å². The van der Waals surface area contributed by atoms with E-state index in [0.29, 0.717) is 38.9 Å². The summed E-state index contributed by atoms with van der Waals surface area (Å²) < 4.78 is 0. The molecule has 7 heteroatoms. The third-order valence-electron chi connectivity index (χ3n) is 4.39. The van der Waals surface area contributed by atoms with Crippen molar-refractivity contribution in [1.29, 1.82) is 0 Å². The van der Waals surface area contributed by atoms with Gasteiger partial charge in [-0.05, 0) is 25.5 Å². The van der Waals surface area contributed by atoms with Gasteiger partial charge in [0, 0.05) is 55.8 Å². The Bertz CT molecular complexity index is 732. The number of piperidine rings is 1. The van der Waals surface area contributed by atoms with Crippen molar-refractivity contribution in [3.8, 4) is 10.6 Å². The molecule has 1 fully saturated rings. The first kappa shape index (κ1) is 17.5. The minimum absolute atomic E-state index is 0.0358. The molecule has 2 amide bonds. The normalized spacial score (nSPS) is 17.6. The van der Waals surface area contributed by atoms with Crippen LogP contribution < -0.4 is 5.32 Å². The lowest BCUT2D eigenvalue weighted by molar-refractivity contribution is -0.138. The van der Waals surface area contributed by atoms with Gasteiger partial charge in [0.2, 0.25) is 11.8 Å². The van der Waals surface area contributed by atoms with Gasteiger partial charge >= 0.3 is 0 Å². The van der Waals surface area contributed by atoms with Crippen LogP contribution in [0.4, 0.5) is 0 Å². The number of hydrogen-bond donors (Lipinski definition) is 1. The number of amides is 2. The first-order chi connectivity index (χ1) is 12.2. The fourth-order valence-electron chi connectivity index (χ4n) is 2.94. The highest BCUT2D eigenvalue weighted by Gasteiger charge is 2.29. The van der Waals surface area contributed by atoms with E-state index in [1.165, 1.54) is 0 Å². The van der Waals surface area contributed by atoms with Gasteiger partial charge < -0.3 is 10.2 Å². The van der Waals surface area contributed by atoms with E-state index in [9.17, 15) is 9.59 Å². The van der Waals surface area contributed by atoms with Crippen LogP contribution in [0.1, 0.15) is 25.5 Å². The summed E-state index contributed by atoms with van der Waals surface area (Å²) in [5.41, 5.74) is 1.98. The number of carbonyl (C=O) groups excluding carboxylic acids is 2. The average Bonchev–Trinajstić information content (AvgIpc) is 3.11. The molecule has 2 aromatic rings. The second-order valence-electron chi connectivity index (χ2n) is 6.09. The van der Waals surface area contributed by atoms with Crippen molar-refractivity contribution in [3.63, 3.8) is 0 Å². The number of thiazole rings is 1. The summed E-state index contributed by atoms with van der Waals surface area (Å²) in [4.78, 5) is 34.5. The fraction of sp³-hybridized carbons (Fsp3) is 0.444. The van der Waals surface area contributed by atoms with Gasteiger partial charge in [-0.15, -0.1) is 11.3 Å². The third kappa shape index (κ3) is 4.42. The molecule has 1 aliphatic heterocycles. The van der Waals surface area contributed by atoms with Crippen molar-refractivity contribution in [3.05, 3.63) is 35.6 Å². The maximum absolute atomic E-state index is 12.3. The predicted octanol–water partition coefficient (Wildman–Crippen LogP) is 2.12. The number of aromatic nitrogens is 2. The van der Waals surface area contributed by atoms with Crippen LogP contribution >= 0.6 is 11.3 Å². The molecule has 1 aliphatic rings. The molecular formula is C18H22N4O2S. The number of nitrogens with one attached hydrogen (secondary N) is 1. The van der Waals surface area contributed by atoms with Crippen LogP contribution in [-0.4, -0.2) is 46.3 Å². The Morgan fingerprint density at radius 3 is 3.12 bits per heavy atom. The van der Waals surface area contributed by atoms with E-state index in [4.69, 9.17) is 0 Å². The van der Waals surface area contributed by atoms with Gasteiger partial charge in [-0.2, -0.15) is 0 Å². The molecule has 3 rings (SSSR count). The number of carbonyl (C=O) groups is 2. The van der Waals surface area contributed by atoms with E-state index < -0.39 is 0 Å². The number of rotatable bonds is 6. The zero-order valence-electron chi connectivity index (χ0n) is 14.3. The first-order valence-electron chi connectivity index (χ1n) is 8.57. The van der Waals surface area contributed by atoms with E-state index in [-0.39, 0.29) is 17.7 Å². The van der Waals surface area contributed by atoms with E-state index in [0.717, 1.165) is 16.3 Å².